The normalized spacial score (nSPS) is 17.6. The van der Waals surface area contributed by atoms with E-state index in [9.17, 15) is 4.79 Å². The quantitative estimate of drug-likeness (QED) is 0.567. The molecule has 1 unspecified atom stereocenters. The summed E-state index contributed by atoms with van der Waals surface area (Å²) >= 11 is 0. The molecule has 1 N–H and O–H groups in total. The summed E-state index contributed by atoms with van der Waals surface area (Å²) in [5.41, 5.74) is 5.12. The van der Waals surface area contributed by atoms with Gasteiger partial charge in [-0.1, -0.05) is 51.1 Å². The fourth-order valence-electron chi connectivity index (χ4n) is 4.64. The van der Waals surface area contributed by atoms with Crippen LogP contribution < -0.4 is 14.8 Å². The lowest BCUT2D eigenvalue weighted by molar-refractivity contribution is -0.116. The summed E-state index contributed by atoms with van der Waals surface area (Å²) < 4.78 is 13.6. The number of ether oxygens (including phenoxy) is 2. The predicted molar refractivity (Wildman–Crippen MR) is 130 cm³/mol. The number of carbonyl (C=O) groups is 1. The van der Waals surface area contributed by atoms with E-state index in [0.717, 1.165) is 35.2 Å². The van der Waals surface area contributed by atoms with Crippen molar-refractivity contribution in [3.05, 3.63) is 76.8 Å². The van der Waals surface area contributed by atoms with Crippen LogP contribution in [-0.4, -0.2) is 27.7 Å². The number of aromatic nitrogens is 3. The first kappa shape index (κ1) is 22.2. The van der Waals surface area contributed by atoms with E-state index in [2.05, 4.69) is 60.4 Å². The van der Waals surface area contributed by atoms with E-state index in [0.29, 0.717) is 30.5 Å². The standard InChI is InChI=1S/C27H30N4O3/c1-27(2,3)19-11-8-17(9-12-19)15-34-22-13-10-18(14-23(22)33-4)25-24-20(6-5-7-21(24)32)30-26-28-16-29-31(25)26/h8-14,16,25H,5-7,15H2,1-4H3,(H,28,29,30). The molecule has 0 saturated carbocycles. The maximum absolute atomic E-state index is 12.9. The molecule has 7 nitrogen and oxygen atoms in total. The minimum atomic E-state index is -0.338. The summed E-state index contributed by atoms with van der Waals surface area (Å²) in [7, 11) is 1.63. The van der Waals surface area contributed by atoms with Crippen molar-refractivity contribution >= 4 is 11.7 Å². The molecule has 2 aromatic carbocycles. The van der Waals surface area contributed by atoms with Gasteiger partial charge in [-0.15, -0.1) is 0 Å². The van der Waals surface area contributed by atoms with Crippen molar-refractivity contribution in [1.29, 1.82) is 0 Å². The molecule has 0 radical (unpaired) electrons. The first-order valence-electron chi connectivity index (χ1n) is 11.7. The summed E-state index contributed by atoms with van der Waals surface area (Å²) in [5, 5.41) is 7.70. The zero-order chi connectivity index (χ0) is 23.9. The van der Waals surface area contributed by atoms with Crippen LogP contribution in [0.3, 0.4) is 0 Å². The lowest BCUT2D eigenvalue weighted by Gasteiger charge is -2.32. The number of nitrogens with one attached hydrogen (secondary N) is 1. The predicted octanol–water partition coefficient (Wildman–Crippen LogP) is 5.19. The Labute approximate surface area is 199 Å². The fourth-order valence-corrected chi connectivity index (χ4v) is 4.64. The number of hydrogen-bond acceptors (Lipinski definition) is 6. The second-order valence-corrected chi connectivity index (χ2v) is 9.87. The van der Waals surface area contributed by atoms with Crippen LogP contribution in [0.25, 0.3) is 0 Å². The van der Waals surface area contributed by atoms with Crippen LogP contribution in [0.5, 0.6) is 11.5 Å². The van der Waals surface area contributed by atoms with E-state index in [1.54, 1.807) is 11.8 Å². The Hall–Kier alpha value is -3.61. The highest BCUT2D eigenvalue weighted by Crippen LogP contribution is 2.41. The molecule has 2 heterocycles. The number of Topliss-reactive ketones (excluding diaryl/α,β-unsaturated/α-hetero) is 1. The van der Waals surface area contributed by atoms with Gasteiger partial charge in [0.25, 0.3) is 0 Å². The zero-order valence-electron chi connectivity index (χ0n) is 20.1. The Morgan fingerprint density at radius 2 is 1.88 bits per heavy atom. The van der Waals surface area contributed by atoms with E-state index in [4.69, 9.17) is 9.47 Å². The Morgan fingerprint density at radius 3 is 2.62 bits per heavy atom. The van der Waals surface area contributed by atoms with Crippen LogP contribution >= 0.6 is 0 Å². The number of methoxy groups -OCH3 is 1. The van der Waals surface area contributed by atoms with E-state index < -0.39 is 0 Å². The van der Waals surface area contributed by atoms with Gasteiger partial charge in [0.15, 0.2) is 17.3 Å². The van der Waals surface area contributed by atoms with Gasteiger partial charge in [0.2, 0.25) is 5.95 Å². The molecule has 1 aliphatic carbocycles. The van der Waals surface area contributed by atoms with Crippen molar-refractivity contribution in [3.63, 3.8) is 0 Å². The average molecular weight is 459 g/mol. The Kier molecular flexibility index (Phi) is 5.63. The van der Waals surface area contributed by atoms with Crippen LogP contribution in [0.1, 0.15) is 62.8 Å². The lowest BCUT2D eigenvalue weighted by Crippen LogP contribution is -2.31. The molecule has 2 aliphatic rings. The minimum absolute atomic E-state index is 0.117. The van der Waals surface area contributed by atoms with Crippen LogP contribution in [-0.2, 0) is 16.8 Å². The SMILES string of the molecule is COc1cc(C2C3=C(CCCC3=O)Nc3ncnn32)ccc1OCc1ccc(C(C)(C)C)cc1. The van der Waals surface area contributed by atoms with Gasteiger partial charge in [0, 0.05) is 17.7 Å². The second kappa shape index (κ2) is 8.63. The first-order valence-corrected chi connectivity index (χ1v) is 11.7. The van der Waals surface area contributed by atoms with Crippen molar-refractivity contribution in [2.75, 3.05) is 12.4 Å². The molecule has 0 amide bonds. The smallest absolute Gasteiger partial charge is 0.226 e. The molecular weight excluding hydrogens is 428 g/mol. The third-order valence-electron chi connectivity index (χ3n) is 6.53. The number of hydrogen-bond donors (Lipinski definition) is 1. The van der Waals surface area contributed by atoms with E-state index >= 15 is 0 Å². The highest BCUT2D eigenvalue weighted by Gasteiger charge is 2.36. The summed E-state index contributed by atoms with van der Waals surface area (Å²) in [6, 6.07) is 14.0. The number of allylic oxidation sites excluding steroid dienone is 2. The lowest BCUT2D eigenvalue weighted by atomic mass is 9.85. The molecule has 1 aliphatic heterocycles. The first-order chi connectivity index (χ1) is 16.3. The van der Waals surface area contributed by atoms with Gasteiger partial charge in [-0.05, 0) is 47.1 Å². The van der Waals surface area contributed by atoms with E-state index in [1.807, 2.05) is 18.2 Å². The maximum atomic E-state index is 12.9. The monoisotopic (exact) mass is 458 g/mol. The van der Waals surface area contributed by atoms with Crippen molar-refractivity contribution < 1.29 is 14.3 Å². The van der Waals surface area contributed by atoms with Gasteiger partial charge in [0.1, 0.15) is 19.0 Å². The average Bonchev–Trinajstić information content (AvgIpc) is 3.29. The van der Waals surface area contributed by atoms with Crippen molar-refractivity contribution in [2.24, 2.45) is 0 Å². The molecule has 0 saturated heterocycles. The van der Waals surface area contributed by atoms with Crippen LogP contribution in [0.4, 0.5) is 5.95 Å². The van der Waals surface area contributed by atoms with E-state index in [-0.39, 0.29) is 17.2 Å². The van der Waals surface area contributed by atoms with Gasteiger partial charge in [0.05, 0.1) is 7.11 Å². The number of fused-ring (bicyclic) bond motifs is 1. The number of ketones is 1. The molecule has 34 heavy (non-hydrogen) atoms. The number of benzene rings is 2. The van der Waals surface area contributed by atoms with Gasteiger partial charge in [-0.2, -0.15) is 10.1 Å². The molecule has 7 heteroatoms. The second-order valence-electron chi connectivity index (χ2n) is 9.87. The van der Waals surface area contributed by atoms with Crippen LogP contribution in [0, 0.1) is 0 Å². The molecule has 1 atom stereocenters. The highest BCUT2D eigenvalue weighted by molar-refractivity contribution is 5.99. The van der Waals surface area contributed by atoms with Crippen LogP contribution in [0.15, 0.2) is 60.1 Å². The summed E-state index contributed by atoms with van der Waals surface area (Å²) in [6.45, 7) is 7.05. The minimum Gasteiger partial charge on any atom is -0.493 e. The van der Waals surface area contributed by atoms with Gasteiger partial charge in [-0.3, -0.25) is 4.79 Å². The third-order valence-corrected chi connectivity index (χ3v) is 6.53. The third kappa shape index (κ3) is 4.06. The van der Waals surface area contributed by atoms with Gasteiger partial charge >= 0.3 is 0 Å². The van der Waals surface area contributed by atoms with E-state index in [1.165, 1.54) is 11.9 Å². The number of rotatable bonds is 5. The topological polar surface area (TPSA) is 78.3 Å². The molecular formula is C27H30N4O3. The summed E-state index contributed by atoms with van der Waals surface area (Å²) in [5.74, 6) is 2.08. The molecule has 3 aromatic rings. The Morgan fingerprint density at radius 1 is 1.09 bits per heavy atom. The van der Waals surface area contributed by atoms with Crippen LogP contribution in [0.2, 0.25) is 0 Å². The highest BCUT2D eigenvalue weighted by atomic mass is 16.5. The van der Waals surface area contributed by atoms with Crippen molar-refractivity contribution in [2.45, 2.75) is 58.1 Å². The van der Waals surface area contributed by atoms with Crippen molar-refractivity contribution in [1.82, 2.24) is 14.8 Å². The number of nitrogens with zero attached hydrogens (tertiary/aromatic N) is 3. The molecule has 0 spiro atoms. The van der Waals surface area contributed by atoms with Gasteiger partial charge < -0.3 is 14.8 Å². The molecule has 0 fully saturated rings. The largest absolute Gasteiger partial charge is 0.493 e. The molecule has 0 bridgehead atoms. The summed E-state index contributed by atoms with van der Waals surface area (Å²) in [4.78, 5) is 17.2. The fraction of sp³-hybridized carbons (Fsp3) is 0.370. The molecule has 176 valence electrons. The Bertz CT molecular complexity index is 1250. The Balaban J connectivity index is 1.42. The molecule has 5 rings (SSSR count). The number of carbonyl (C=O) groups excluding carboxylic acids is 1. The molecule has 1 aromatic heterocycles. The zero-order valence-corrected chi connectivity index (χ0v) is 20.1. The summed E-state index contributed by atoms with van der Waals surface area (Å²) in [6.07, 6.45) is 3.74. The number of anilines is 1. The van der Waals surface area contributed by atoms with Crippen molar-refractivity contribution in [3.8, 4) is 11.5 Å². The van der Waals surface area contributed by atoms with Gasteiger partial charge in [-0.25, -0.2) is 4.68 Å². The maximum Gasteiger partial charge on any atom is 0.226 e.